The topological polar surface area (TPSA) is 55.2 Å². The molecule has 25 heavy (non-hydrogen) atoms. The Kier molecular flexibility index (Phi) is 5.81. The number of amides is 1. The number of piperidine rings is 1. The van der Waals surface area contributed by atoms with Gasteiger partial charge >= 0.3 is 0 Å². The molecule has 0 saturated carbocycles. The number of nitrogens with zero attached hydrogens (tertiary/aromatic N) is 2. The first-order valence-electron chi connectivity index (χ1n) is 9.19. The minimum absolute atomic E-state index is 0.0146. The number of hydrogen-bond donors (Lipinski definition) is 0. The molecule has 2 saturated heterocycles. The second-order valence-corrected chi connectivity index (χ2v) is 7.63. The third-order valence-corrected chi connectivity index (χ3v) is 5.40. The van der Waals surface area contributed by atoms with Crippen molar-refractivity contribution in [2.24, 2.45) is 5.41 Å². The molecular formula is C19H30N2O4. The van der Waals surface area contributed by atoms with Crippen LogP contribution < -0.4 is 0 Å². The summed E-state index contributed by atoms with van der Waals surface area (Å²) in [5, 5.41) is 0. The molecule has 1 aromatic heterocycles. The number of ether oxygens (including phenoxy) is 2. The number of rotatable bonds is 6. The molecule has 2 unspecified atom stereocenters. The maximum atomic E-state index is 12.9. The summed E-state index contributed by atoms with van der Waals surface area (Å²) in [6.07, 6.45) is 4.69. The highest BCUT2D eigenvalue weighted by molar-refractivity contribution is 5.93. The molecule has 6 heteroatoms. The molecule has 2 aliphatic rings. The summed E-state index contributed by atoms with van der Waals surface area (Å²) in [7, 11) is 4.09. The predicted octanol–water partition coefficient (Wildman–Crippen LogP) is 2.18. The normalized spacial score (nSPS) is 26.7. The molecule has 0 spiro atoms. The minimum atomic E-state index is -0.0982. The molecule has 3 rings (SSSR count). The number of hydrogen-bond acceptors (Lipinski definition) is 5. The summed E-state index contributed by atoms with van der Waals surface area (Å²) in [4.78, 5) is 16.9. The van der Waals surface area contributed by atoms with E-state index in [0.29, 0.717) is 32.1 Å². The fourth-order valence-corrected chi connectivity index (χ4v) is 3.93. The van der Waals surface area contributed by atoms with Crippen LogP contribution >= 0.6 is 0 Å². The number of likely N-dealkylation sites (N-methyl/N-ethyl adjacent to an activating group) is 1. The first-order valence-corrected chi connectivity index (χ1v) is 9.19. The number of carbonyl (C=O) groups excluding carboxylic acids is 1. The van der Waals surface area contributed by atoms with Gasteiger partial charge in [0, 0.05) is 37.2 Å². The average Bonchev–Trinajstić information content (AvgIpc) is 3.03. The summed E-state index contributed by atoms with van der Waals surface area (Å²) < 4.78 is 17.5. The molecule has 2 aliphatic heterocycles. The maximum absolute atomic E-state index is 12.9. The standard InChI is InChI=1S/C19H30N2O4/c1-15-6-11-25-17(15)18(22)21-8-5-16-19(13-21,7-4-10-24-16)14-23-12-9-20(2)3/h6,11,16H,4-5,7-10,12-14H2,1-3H3. The average molecular weight is 350 g/mol. The van der Waals surface area contributed by atoms with Crippen molar-refractivity contribution in [3.63, 3.8) is 0 Å². The van der Waals surface area contributed by atoms with Crippen molar-refractivity contribution in [3.8, 4) is 0 Å². The van der Waals surface area contributed by atoms with E-state index in [2.05, 4.69) is 4.90 Å². The summed E-state index contributed by atoms with van der Waals surface area (Å²) >= 11 is 0. The minimum Gasteiger partial charge on any atom is -0.459 e. The van der Waals surface area contributed by atoms with Crippen molar-refractivity contribution in [1.82, 2.24) is 9.80 Å². The molecule has 0 aromatic carbocycles. The molecular weight excluding hydrogens is 320 g/mol. The van der Waals surface area contributed by atoms with E-state index in [1.165, 1.54) is 0 Å². The van der Waals surface area contributed by atoms with E-state index in [1.807, 2.05) is 32.0 Å². The number of likely N-dealkylation sites (tertiary alicyclic amines) is 1. The Labute approximate surface area is 150 Å². The van der Waals surface area contributed by atoms with Crippen molar-refractivity contribution in [2.45, 2.75) is 32.3 Å². The largest absolute Gasteiger partial charge is 0.459 e. The lowest BCUT2D eigenvalue weighted by atomic mass is 9.73. The van der Waals surface area contributed by atoms with Crippen molar-refractivity contribution in [3.05, 3.63) is 23.7 Å². The van der Waals surface area contributed by atoms with E-state index >= 15 is 0 Å². The van der Waals surface area contributed by atoms with Gasteiger partial charge in [-0.15, -0.1) is 0 Å². The van der Waals surface area contributed by atoms with Gasteiger partial charge < -0.3 is 23.7 Å². The van der Waals surface area contributed by atoms with E-state index in [-0.39, 0.29) is 17.4 Å². The molecule has 140 valence electrons. The summed E-state index contributed by atoms with van der Waals surface area (Å²) in [5.74, 6) is 0.443. The molecule has 0 radical (unpaired) electrons. The molecule has 0 aliphatic carbocycles. The Balaban J connectivity index is 1.68. The highest BCUT2D eigenvalue weighted by atomic mass is 16.5. The van der Waals surface area contributed by atoms with Crippen LogP contribution in [0.4, 0.5) is 0 Å². The molecule has 1 amide bonds. The van der Waals surface area contributed by atoms with Gasteiger partial charge in [0.25, 0.3) is 5.91 Å². The first-order chi connectivity index (χ1) is 12.0. The number of fused-ring (bicyclic) bond motifs is 1. The quantitative estimate of drug-likeness (QED) is 0.736. The van der Waals surface area contributed by atoms with Crippen LogP contribution in [0.1, 0.15) is 35.4 Å². The third kappa shape index (κ3) is 4.07. The fraction of sp³-hybridized carbons (Fsp3) is 0.737. The first kappa shape index (κ1) is 18.4. The fourth-order valence-electron chi connectivity index (χ4n) is 3.93. The van der Waals surface area contributed by atoms with Crippen molar-refractivity contribution in [2.75, 3.05) is 53.6 Å². The van der Waals surface area contributed by atoms with Crippen LogP contribution in [0.15, 0.2) is 16.7 Å². The van der Waals surface area contributed by atoms with Crippen LogP contribution in [-0.2, 0) is 9.47 Å². The van der Waals surface area contributed by atoms with Gasteiger partial charge in [0.05, 0.1) is 25.6 Å². The van der Waals surface area contributed by atoms with Crippen LogP contribution in [0.5, 0.6) is 0 Å². The number of furan rings is 1. The zero-order chi connectivity index (χ0) is 17.9. The highest BCUT2D eigenvalue weighted by Gasteiger charge is 2.47. The number of aryl methyl sites for hydroxylation is 1. The van der Waals surface area contributed by atoms with E-state index in [1.54, 1.807) is 6.26 Å². The van der Waals surface area contributed by atoms with Gasteiger partial charge in [-0.25, -0.2) is 0 Å². The third-order valence-electron chi connectivity index (χ3n) is 5.40. The van der Waals surface area contributed by atoms with Gasteiger partial charge in [0.15, 0.2) is 5.76 Å². The van der Waals surface area contributed by atoms with Crippen LogP contribution in [0.2, 0.25) is 0 Å². The van der Waals surface area contributed by atoms with Crippen molar-refractivity contribution >= 4 is 5.91 Å². The molecule has 0 N–H and O–H groups in total. The molecule has 2 atom stereocenters. The molecule has 0 bridgehead atoms. The monoisotopic (exact) mass is 350 g/mol. The molecule has 6 nitrogen and oxygen atoms in total. The lowest BCUT2D eigenvalue weighted by Crippen LogP contribution is -2.58. The van der Waals surface area contributed by atoms with Gasteiger partial charge in [-0.1, -0.05) is 0 Å². The van der Waals surface area contributed by atoms with Crippen LogP contribution in [-0.4, -0.2) is 75.4 Å². The van der Waals surface area contributed by atoms with Crippen molar-refractivity contribution < 1.29 is 18.7 Å². The van der Waals surface area contributed by atoms with Gasteiger partial charge in [-0.3, -0.25) is 4.79 Å². The van der Waals surface area contributed by atoms with Crippen LogP contribution in [0.3, 0.4) is 0 Å². The van der Waals surface area contributed by atoms with Gasteiger partial charge in [-0.2, -0.15) is 0 Å². The van der Waals surface area contributed by atoms with Gasteiger partial charge in [0.1, 0.15) is 0 Å². The Hall–Kier alpha value is -1.37. The lowest BCUT2D eigenvalue weighted by molar-refractivity contribution is -0.147. The Morgan fingerprint density at radius 2 is 2.32 bits per heavy atom. The van der Waals surface area contributed by atoms with Gasteiger partial charge in [-0.05, 0) is 46.3 Å². The molecule has 2 fully saturated rings. The SMILES string of the molecule is Cc1ccoc1C(=O)N1CCC2OCCCC2(COCCN(C)C)C1. The van der Waals surface area contributed by atoms with Crippen molar-refractivity contribution in [1.29, 1.82) is 0 Å². The summed E-state index contributed by atoms with van der Waals surface area (Å²) in [6.45, 7) is 6.36. The Morgan fingerprint density at radius 1 is 1.48 bits per heavy atom. The van der Waals surface area contributed by atoms with E-state index in [9.17, 15) is 4.79 Å². The van der Waals surface area contributed by atoms with E-state index < -0.39 is 0 Å². The Morgan fingerprint density at radius 3 is 3.04 bits per heavy atom. The van der Waals surface area contributed by atoms with E-state index in [4.69, 9.17) is 13.9 Å². The molecule has 3 heterocycles. The second kappa shape index (κ2) is 7.89. The van der Waals surface area contributed by atoms with Crippen LogP contribution in [0.25, 0.3) is 0 Å². The lowest BCUT2D eigenvalue weighted by Gasteiger charge is -2.50. The summed E-state index contributed by atoms with van der Waals surface area (Å²) in [5.41, 5.74) is 0.794. The second-order valence-electron chi connectivity index (χ2n) is 7.63. The smallest absolute Gasteiger partial charge is 0.289 e. The maximum Gasteiger partial charge on any atom is 0.289 e. The zero-order valence-corrected chi connectivity index (χ0v) is 15.6. The predicted molar refractivity (Wildman–Crippen MR) is 94.7 cm³/mol. The zero-order valence-electron chi connectivity index (χ0n) is 15.6. The van der Waals surface area contributed by atoms with Crippen LogP contribution in [0, 0.1) is 12.3 Å². The highest BCUT2D eigenvalue weighted by Crippen LogP contribution is 2.41. The van der Waals surface area contributed by atoms with E-state index in [0.717, 1.165) is 38.0 Å². The summed E-state index contributed by atoms with van der Waals surface area (Å²) in [6, 6.07) is 1.84. The van der Waals surface area contributed by atoms with Gasteiger partial charge in [0.2, 0.25) is 0 Å². The number of carbonyl (C=O) groups is 1. The molecule has 1 aromatic rings. The Bertz CT molecular complexity index is 586.